The number of rotatable bonds is 8. The molecule has 2 atom stereocenters. The van der Waals surface area contributed by atoms with Gasteiger partial charge in [0.15, 0.2) is 0 Å². The van der Waals surface area contributed by atoms with E-state index < -0.39 is 11.7 Å². The van der Waals surface area contributed by atoms with Crippen LogP contribution in [-0.4, -0.2) is 44.9 Å². The van der Waals surface area contributed by atoms with E-state index in [1.807, 2.05) is 6.92 Å². The van der Waals surface area contributed by atoms with E-state index in [-0.39, 0.29) is 17.7 Å². The normalized spacial score (nSPS) is 18.1. The van der Waals surface area contributed by atoms with Crippen molar-refractivity contribution < 1.29 is 22.4 Å². The lowest BCUT2D eigenvalue weighted by Crippen LogP contribution is -2.26. The fourth-order valence-corrected chi connectivity index (χ4v) is 5.28. The summed E-state index contributed by atoms with van der Waals surface area (Å²) in [5.41, 5.74) is 1.76. The summed E-state index contributed by atoms with van der Waals surface area (Å²) in [7, 11) is 1.68. The van der Waals surface area contributed by atoms with Crippen LogP contribution in [0.1, 0.15) is 49.1 Å². The van der Waals surface area contributed by atoms with E-state index >= 15 is 0 Å². The number of aromatic nitrogens is 5. The molecule has 1 aliphatic carbocycles. The third kappa shape index (κ3) is 5.04. The Kier molecular flexibility index (Phi) is 6.89. The van der Waals surface area contributed by atoms with Crippen molar-refractivity contribution in [3.63, 3.8) is 0 Å². The molecule has 5 rings (SSSR count). The first kappa shape index (κ1) is 25.2. The molecule has 196 valence electrons. The summed E-state index contributed by atoms with van der Waals surface area (Å²) in [5.74, 6) is 1.22. The Bertz CT molecular complexity index is 1380. The maximum atomic E-state index is 14.0. The van der Waals surface area contributed by atoms with Gasteiger partial charge in [-0.2, -0.15) is 13.2 Å². The monoisotopic (exact) mass is 514 g/mol. The Labute approximate surface area is 212 Å². The Morgan fingerprint density at radius 3 is 2.76 bits per heavy atom. The highest BCUT2D eigenvalue weighted by atomic mass is 19.4. The maximum Gasteiger partial charge on any atom is 0.419 e. The number of hydrogen-bond acceptors (Lipinski definition) is 7. The van der Waals surface area contributed by atoms with Gasteiger partial charge in [-0.25, -0.2) is 15.0 Å². The number of methoxy groups -OCH3 is 1. The van der Waals surface area contributed by atoms with Gasteiger partial charge in [0.25, 0.3) is 0 Å². The molecule has 0 bridgehead atoms. The molecule has 0 aromatic carbocycles. The largest absolute Gasteiger partial charge is 0.419 e. The van der Waals surface area contributed by atoms with Crippen LogP contribution in [0, 0.1) is 19.8 Å². The van der Waals surface area contributed by atoms with Crippen molar-refractivity contribution in [3.05, 3.63) is 41.5 Å². The summed E-state index contributed by atoms with van der Waals surface area (Å²) < 4.78 is 52.4. The molecule has 0 spiro atoms. The van der Waals surface area contributed by atoms with E-state index in [1.54, 1.807) is 26.2 Å². The molecule has 37 heavy (non-hydrogen) atoms. The van der Waals surface area contributed by atoms with Crippen LogP contribution in [0.5, 0.6) is 0 Å². The van der Waals surface area contributed by atoms with Crippen molar-refractivity contribution in [2.24, 2.45) is 5.92 Å². The van der Waals surface area contributed by atoms with Gasteiger partial charge in [0, 0.05) is 43.1 Å². The molecule has 4 aromatic rings. The van der Waals surface area contributed by atoms with Crippen LogP contribution in [0.3, 0.4) is 0 Å². The quantitative estimate of drug-likeness (QED) is 0.265. The topological polar surface area (TPSA) is 102 Å². The van der Waals surface area contributed by atoms with Gasteiger partial charge in [-0.3, -0.25) is 0 Å². The van der Waals surface area contributed by atoms with Gasteiger partial charge >= 0.3 is 6.18 Å². The number of fused-ring (bicyclic) bond motifs is 1. The highest BCUT2D eigenvalue weighted by Gasteiger charge is 2.36. The van der Waals surface area contributed by atoms with Crippen molar-refractivity contribution >= 4 is 17.0 Å². The second-order valence-electron chi connectivity index (χ2n) is 9.52. The second kappa shape index (κ2) is 10.1. The average molecular weight is 515 g/mol. The number of H-pyrrole nitrogens is 1. The third-order valence-electron chi connectivity index (χ3n) is 7.07. The Hall–Kier alpha value is -3.47. The van der Waals surface area contributed by atoms with Crippen LogP contribution in [0.15, 0.2) is 29.0 Å². The first-order valence-electron chi connectivity index (χ1n) is 12.4. The molecule has 0 radical (unpaired) electrons. The summed E-state index contributed by atoms with van der Waals surface area (Å²) >= 11 is 0. The van der Waals surface area contributed by atoms with Crippen LogP contribution in [-0.2, 0) is 10.9 Å². The number of hydrogen-bond donors (Lipinski definition) is 2. The fraction of sp³-hybridized carbons (Fsp3) is 0.462. The van der Waals surface area contributed by atoms with Gasteiger partial charge in [0.2, 0.25) is 5.95 Å². The van der Waals surface area contributed by atoms with Crippen molar-refractivity contribution in [1.29, 1.82) is 0 Å². The minimum atomic E-state index is -4.61. The molecular formula is C26H29F3N6O2. The highest BCUT2D eigenvalue weighted by molar-refractivity contribution is 5.94. The van der Waals surface area contributed by atoms with Gasteiger partial charge in [0.1, 0.15) is 17.0 Å². The minimum Gasteiger partial charge on any atom is -0.385 e. The Balaban J connectivity index is 1.50. The number of halogens is 3. The number of pyridine rings is 1. The second-order valence-corrected chi connectivity index (χ2v) is 9.52. The van der Waals surface area contributed by atoms with Crippen LogP contribution in [0.2, 0.25) is 0 Å². The fourth-order valence-electron chi connectivity index (χ4n) is 5.28. The number of ether oxygens (including phenoxy) is 1. The molecule has 4 aromatic heterocycles. The lowest BCUT2D eigenvalue weighted by molar-refractivity contribution is -0.137. The van der Waals surface area contributed by atoms with Crippen molar-refractivity contribution in [3.8, 4) is 22.5 Å². The number of aromatic amines is 1. The van der Waals surface area contributed by atoms with Crippen molar-refractivity contribution in [1.82, 2.24) is 25.1 Å². The molecule has 0 aliphatic heterocycles. The van der Waals surface area contributed by atoms with Crippen LogP contribution < -0.4 is 5.32 Å². The zero-order valence-corrected chi connectivity index (χ0v) is 20.9. The highest BCUT2D eigenvalue weighted by Crippen LogP contribution is 2.39. The van der Waals surface area contributed by atoms with Gasteiger partial charge in [0.05, 0.1) is 22.6 Å². The number of alkyl halides is 3. The van der Waals surface area contributed by atoms with Crippen LogP contribution in [0.25, 0.3) is 33.5 Å². The van der Waals surface area contributed by atoms with E-state index in [4.69, 9.17) is 9.26 Å². The van der Waals surface area contributed by atoms with Crippen LogP contribution in [0.4, 0.5) is 19.1 Å². The van der Waals surface area contributed by atoms with E-state index in [1.165, 1.54) is 6.20 Å². The molecular weight excluding hydrogens is 485 g/mol. The maximum absolute atomic E-state index is 14.0. The molecule has 4 heterocycles. The van der Waals surface area contributed by atoms with E-state index in [9.17, 15) is 13.2 Å². The lowest BCUT2D eigenvalue weighted by Gasteiger charge is -2.21. The summed E-state index contributed by atoms with van der Waals surface area (Å²) in [5, 5.41) is 7.81. The smallest absolute Gasteiger partial charge is 0.385 e. The molecule has 0 unspecified atom stereocenters. The van der Waals surface area contributed by atoms with Gasteiger partial charge in [-0.1, -0.05) is 11.6 Å². The molecule has 1 saturated carbocycles. The lowest BCUT2D eigenvalue weighted by atomic mass is 9.98. The summed E-state index contributed by atoms with van der Waals surface area (Å²) in [4.78, 5) is 16.1. The summed E-state index contributed by atoms with van der Waals surface area (Å²) in [6.45, 7) is 4.30. The zero-order chi connectivity index (χ0) is 26.2. The first-order chi connectivity index (χ1) is 17.8. The standard InChI is InChI=1S/C26H29F3N6O2/c1-14-22(15(2)37-35-14)21-10-9-17-18(12-30-24(17)32-21)23-19(26(27,28)29)13-31-25(34-23)33-20-8-4-6-16(20)7-5-11-36-3/h9-10,12-13,16,20H,4-8,11H2,1-3H3,(H,30,32)(H,31,33,34)/t16-,20+/m1/s1. The van der Waals surface area contributed by atoms with E-state index in [0.717, 1.165) is 43.9 Å². The molecule has 0 amide bonds. The first-order valence-corrected chi connectivity index (χ1v) is 12.4. The van der Waals surface area contributed by atoms with Gasteiger partial charge < -0.3 is 19.6 Å². The molecule has 2 N–H and O–H groups in total. The predicted molar refractivity (Wildman–Crippen MR) is 133 cm³/mol. The number of aryl methyl sites for hydroxylation is 2. The van der Waals surface area contributed by atoms with Gasteiger partial charge in [-0.15, -0.1) is 0 Å². The zero-order valence-electron chi connectivity index (χ0n) is 20.9. The molecule has 1 aliphatic rings. The predicted octanol–water partition coefficient (Wildman–Crippen LogP) is 6.32. The Morgan fingerprint density at radius 2 is 2.03 bits per heavy atom. The summed E-state index contributed by atoms with van der Waals surface area (Å²) in [6.07, 6.45) is 2.75. The number of nitrogens with one attached hydrogen (secondary N) is 2. The van der Waals surface area contributed by atoms with Crippen LogP contribution >= 0.6 is 0 Å². The SMILES string of the molecule is COCCC[C@H]1CCC[C@@H]1Nc1ncc(C(F)(F)F)c(-c2c[nH]c3nc(-c4c(C)noc4C)ccc23)n1. The van der Waals surface area contributed by atoms with Crippen molar-refractivity contribution in [2.75, 3.05) is 19.0 Å². The van der Waals surface area contributed by atoms with E-state index in [2.05, 4.69) is 30.4 Å². The average Bonchev–Trinajstić information content (AvgIpc) is 3.57. The Morgan fingerprint density at radius 1 is 1.19 bits per heavy atom. The molecule has 0 saturated heterocycles. The molecule has 1 fully saturated rings. The number of nitrogens with zero attached hydrogens (tertiary/aromatic N) is 4. The van der Waals surface area contributed by atoms with E-state index in [0.29, 0.717) is 46.3 Å². The number of anilines is 1. The molecule has 11 heteroatoms. The third-order valence-corrected chi connectivity index (χ3v) is 7.07. The van der Waals surface area contributed by atoms with Gasteiger partial charge in [-0.05, 0) is 57.6 Å². The van der Waals surface area contributed by atoms with Crippen molar-refractivity contribution in [2.45, 2.75) is 58.2 Å². The minimum absolute atomic E-state index is 0.115. The molecule has 8 nitrogen and oxygen atoms in total. The summed E-state index contributed by atoms with van der Waals surface area (Å²) in [6, 6.07) is 3.61.